The van der Waals surface area contributed by atoms with Gasteiger partial charge in [-0.05, 0) is 80.6 Å². The van der Waals surface area contributed by atoms with Crippen LogP contribution in [0.3, 0.4) is 0 Å². The van der Waals surface area contributed by atoms with Gasteiger partial charge in [0.05, 0.1) is 6.61 Å². The molecule has 0 saturated carbocycles. The Bertz CT molecular complexity index is 856. The van der Waals surface area contributed by atoms with Crippen molar-refractivity contribution in [1.29, 1.82) is 0 Å². The summed E-state index contributed by atoms with van der Waals surface area (Å²) in [5.41, 5.74) is 5.25. The largest absolute Gasteiger partial charge is 0.494 e. The van der Waals surface area contributed by atoms with Gasteiger partial charge in [-0.25, -0.2) is 0 Å². The maximum absolute atomic E-state index is 12.7. The zero-order valence-electron chi connectivity index (χ0n) is 16.9. The van der Waals surface area contributed by atoms with Crippen LogP contribution in [0.15, 0.2) is 36.4 Å². The van der Waals surface area contributed by atoms with Crippen LogP contribution in [0.5, 0.6) is 5.75 Å². The molecule has 3 rings (SSSR count). The van der Waals surface area contributed by atoms with Crippen LogP contribution in [-0.4, -0.2) is 25.0 Å². The molecule has 1 heterocycles. The van der Waals surface area contributed by atoms with Gasteiger partial charge in [-0.15, -0.1) is 0 Å². The van der Waals surface area contributed by atoms with E-state index >= 15 is 0 Å². The average Bonchev–Trinajstić information content (AvgIpc) is 2.65. The molecule has 2 amide bonds. The number of hydrogen-bond donors (Lipinski definition) is 1. The van der Waals surface area contributed by atoms with Crippen molar-refractivity contribution in [3.8, 4) is 5.75 Å². The fraction of sp³-hybridized carbons (Fsp3) is 0.391. The van der Waals surface area contributed by atoms with E-state index in [1.54, 1.807) is 0 Å². The first-order chi connectivity index (χ1) is 13.5. The van der Waals surface area contributed by atoms with Crippen LogP contribution in [-0.2, 0) is 16.0 Å². The van der Waals surface area contributed by atoms with Crippen LogP contribution in [0.25, 0.3) is 0 Å². The predicted octanol–water partition coefficient (Wildman–Crippen LogP) is 4.40. The van der Waals surface area contributed by atoms with E-state index in [9.17, 15) is 9.59 Å². The molecule has 0 radical (unpaired) electrons. The lowest BCUT2D eigenvalue weighted by Crippen LogP contribution is -2.30. The summed E-state index contributed by atoms with van der Waals surface area (Å²) in [6, 6.07) is 11.9. The Labute approximate surface area is 166 Å². The number of hydrogen-bond acceptors (Lipinski definition) is 3. The standard InChI is InChI=1S/C23H28N2O3/c1-4-25(19-13-16(2)12-17(3)14-19)23(27)6-5-11-28-20-8-9-21-18(15-20)7-10-22(26)24-21/h8-9,12-15H,4-7,10-11H2,1-3H3,(H,24,26). The van der Waals surface area contributed by atoms with Crippen molar-refractivity contribution in [3.63, 3.8) is 0 Å². The minimum absolute atomic E-state index is 0.0592. The number of ether oxygens (including phenoxy) is 1. The second-order valence-electron chi connectivity index (χ2n) is 7.30. The number of benzene rings is 2. The Morgan fingerprint density at radius 3 is 2.57 bits per heavy atom. The summed E-state index contributed by atoms with van der Waals surface area (Å²) in [6.45, 7) is 7.23. The first-order valence-electron chi connectivity index (χ1n) is 9.90. The quantitative estimate of drug-likeness (QED) is 0.724. The predicted molar refractivity (Wildman–Crippen MR) is 112 cm³/mol. The summed E-state index contributed by atoms with van der Waals surface area (Å²) in [5, 5.41) is 2.87. The smallest absolute Gasteiger partial charge is 0.227 e. The van der Waals surface area contributed by atoms with E-state index in [0.29, 0.717) is 32.4 Å². The molecule has 0 spiro atoms. The molecule has 5 heteroatoms. The van der Waals surface area contributed by atoms with Crippen molar-refractivity contribution in [2.24, 2.45) is 0 Å². The topological polar surface area (TPSA) is 58.6 Å². The van der Waals surface area contributed by atoms with Gasteiger partial charge in [-0.3, -0.25) is 9.59 Å². The van der Waals surface area contributed by atoms with Crippen molar-refractivity contribution in [3.05, 3.63) is 53.1 Å². The van der Waals surface area contributed by atoms with Crippen LogP contribution in [0.2, 0.25) is 0 Å². The van der Waals surface area contributed by atoms with Crippen molar-refractivity contribution in [2.75, 3.05) is 23.4 Å². The lowest BCUT2D eigenvalue weighted by Gasteiger charge is -2.22. The summed E-state index contributed by atoms with van der Waals surface area (Å²) in [5.74, 6) is 0.956. The maximum atomic E-state index is 12.7. The van der Waals surface area contributed by atoms with Crippen LogP contribution >= 0.6 is 0 Å². The molecule has 5 nitrogen and oxygen atoms in total. The number of carbonyl (C=O) groups is 2. The number of carbonyl (C=O) groups excluding carboxylic acids is 2. The molecule has 1 N–H and O–H groups in total. The van der Waals surface area contributed by atoms with Gasteiger partial charge in [-0.2, -0.15) is 0 Å². The van der Waals surface area contributed by atoms with Crippen LogP contribution in [0, 0.1) is 13.8 Å². The highest BCUT2D eigenvalue weighted by atomic mass is 16.5. The molecule has 0 bridgehead atoms. The molecule has 1 aliphatic heterocycles. The van der Waals surface area contributed by atoms with Gasteiger partial charge in [-0.1, -0.05) is 6.07 Å². The third-order valence-corrected chi connectivity index (χ3v) is 4.91. The van der Waals surface area contributed by atoms with E-state index in [4.69, 9.17) is 4.74 Å². The summed E-state index contributed by atoms with van der Waals surface area (Å²) < 4.78 is 5.82. The summed E-state index contributed by atoms with van der Waals surface area (Å²) in [6.07, 6.45) is 2.35. The normalized spacial score (nSPS) is 12.9. The van der Waals surface area contributed by atoms with Crippen LogP contribution in [0.4, 0.5) is 11.4 Å². The van der Waals surface area contributed by atoms with Gasteiger partial charge in [0, 0.05) is 30.8 Å². The average molecular weight is 380 g/mol. The van der Waals surface area contributed by atoms with Crippen LogP contribution < -0.4 is 15.0 Å². The van der Waals surface area contributed by atoms with Gasteiger partial charge in [0.25, 0.3) is 0 Å². The highest BCUT2D eigenvalue weighted by Gasteiger charge is 2.16. The Hall–Kier alpha value is -2.82. The zero-order chi connectivity index (χ0) is 20.1. The number of rotatable bonds is 7. The molecule has 0 aromatic heterocycles. The number of aryl methyl sites for hydroxylation is 3. The Morgan fingerprint density at radius 1 is 1.11 bits per heavy atom. The maximum Gasteiger partial charge on any atom is 0.227 e. The van der Waals surface area contributed by atoms with Crippen molar-refractivity contribution in [2.45, 2.75) is 46.5 Å². The molecule has 0 fully saturated rings. The molecule has 148 valence electrons. The third-order valence-electron chi connectivity index (χ3n) is 4.91. The minimum atomic E-state index is 0.0592. The fourth-order valence-corrected chi connectivity index (χ4v) is 3.61. The van der Waals surface area contributed by atoms with E-state index in [1.807, 2.05) is 43.9 Å². The molecule has 0 unspecified atom stereocenters. The molecular formula is C23H28N2O3. The number of nitrogens with zero attached hydrogens (tertiary/aromatic N) is 1. The minimum Gasteiger partial charge on any atom is -0.494 e. The summed E-state index contributed by atoms with van der Waals surface area (Å²) >= 11 is 0. The zero-order valence-corrected chi connectivity index (χ0v) is 16.9. The number of nitrogens with one attached hydrogen (secondary N) is 1. The Kier molecular flexibility index (Phi) is 6.34. The highest BCUT2D eigenvalue weighted by molar-refractivity contribution is 5.94. The van der Waals surface area contributed by atoms with E-state index in [1.165, 1.54) is 0 Å². The van der Waals surface area contributed by atoms with E-state index in [0.717, 1.165) is 40.2 Å². The van der Waals surface area contributed by atoms with E-state index in [-0.39, 0.29) is 11.8 Å². The second kappa shape index (κ2) is 8.91. The summed E-state index contributed by atoms with van der Waals surface area (Å²) in [4.78, 5) is 25.9. The van der Waals surface area contributed by atoms with E-state index in [2.05, 4.69) is 23.5 Å². The summed E-state index contributed by atoms with van der Waals surface area (Å²) in [7, 11) is 0. The second-order valence-corrected chi connectivity index (χ2v) is 7.30. The van der Waals surface area contributed by atoms with Gasteiger partial charge in [0.1, 0.15) is 5.75 Å². The first-order valence-corrected chi connectivity index (χ1v) is 9.90. The fourth-order valence-electron chi connectivity index (χ4n) is 3.61. The Morgan fingerprint density at radius 2 is 1.86 bits per heavy atom. The molecule has 0 aliphatic carbocycles. The highest BCUT2D eigenvalue weighted by Crippen LogP contribution is 2.27. The lowest BCUT2D eigenvalue weighted by molar-refractivity contribution is -0.119. The number of fused-ring (bicyclic) bond motifs is 1. The SMILES string of the molecule is CCN(C(=O)CCCOc1ccc2c(c1)CCC(=O)N2)c1cc(C)cc(C)c1. The van der Waals surface area contributed by atoms with E-state index < -0.39 is 0 Å². The molecule has 1 aliphatic rings. The van der Waals surface area contributed by atoms with Crippen molar-refractivity contribution in [1.82, 2.24) is 0 Å². The van der Waals surface area contributed by atoms with Gasteiger partial charge in [0.2, 0.25) is 11.8 Å². The monoisotopic (exact) mass is 380 g/mol. The molecule has 28 heavy (non-hydrogen) atoms. The first kappa shape index (κ1) is 19.9. The van der Waals surface area contributed by atoms with Gasteiger partial charge < -0.3 is 15.0 Å². The molecule has 0 saturated heterocycles. The number of anilines is 2. The molecule has 0 atom stereocenters. The molecule has 2 aromatic rings. The molecular weight excluding hydrogens is 352 g/mol. The van der Waals surface area contributed by atoms with Crippen molar-refractivity contribution >= 4 is 23.2 Å². The van der Waals surface area contributed by atoms with Crippen molar-refractivity contribution < 1.29 is 14.3 Å². The number of amides is 2. The molecule has 2 aromatic carbocycles. The van der Waals surface area contributed by atoms with Gasteiger partial charge in [0.15, 0.2) is 0 Å². The lowest BCUT2D eigenvalue weighted by atomic mass is 10.0. The van der Waals surface area contributed by atoms with Gasteiger partial charge >= 0.3 is 0 Å². The Balaban J connectivity index is 1.51. The third kappa shape index (κ3) is 4.91. The van der Waals surface area contributed by atoms with Crippen LogP contribution in [0.1, 0.15) is 42.9 Å².